The molecule has 0 aromatic heterocycles. The SMILES string of the molecule is CN(C)c1ccccc1Cc1ccc(Cl)cc1. The Bertz CT molecular complexity index is 489. The summed E-state index contributed by atoms with van der Waals surface area (Å²) in [5.74, 6) is 0. The van der Waals surface area contributed by atoms with Gasteiger partial charge in [0, 0.05) is 24.8 Å². The molecule has 2 heteroatoms. The Balaban J connectivity index is 2.26. The molecule has 0 bridgehead atoms. The Morgan fingerprint density at radius 2 is 1.59 bits per heavy atom. The third-order valence-corrected chi connectivity index (χ3v) is 3.03. The first-order valence-corrected chi connectivity index (χ1v) is 6.04. The van der Waals surface area contributed by atoms with Crippen molar-refractivity contribution in [2.75, 3.05) is 19.0 Å². The van der Waals surface area contributed by atoms with E-state index in [1.54, 1.807) is 0 Å². The number of nitrogens with zero attached hydrogens (tertiary/aromatic N) is 1. The summed E-state index contributed by atoms with van der Waals surface area (Å²) >= 11 is 5.89. The van der Waals surface area contributed by atoms with Gasteiger partial charge in [0.2, 0.25) is 0 Å². The molecular weight excluding hydrogens is 230 g/mol. The molecule has 0 unspecified atom stereocenters. The molecule has 0 spiro atoms. The summed E-state index contributed by atoms with van der Waals surface area (Å²) in [6.07, 6.45) is 0.936. The molecule has 0 atom stereocenters. The second-order valence-electron chi connectivity index (χ2n) is 4.33. The molecule has 17 heavy (non-hydrogen) atoms. The van der Waals surface area contributed by atoms with Crippen molar-refractivity contribution in [3.05, 3.63) is 64.7 Å². The minimum atomic E-state index is 0.787. The van der Waals surface area contributed by atoms with Crippen molar-refractivity contribution in [2.24, 2.45) is 0 Å². The molecule has 2 rings (SSSR count). The Hall–Kier alpha value is -1.47. The van der Waals surface area contributed by atoms with Crippen LogP contribution in [0.4, 0.5) is 5.69 Å². The van der Waals surface area contributed by atoms with Crippen LogP contribution in [0.25, 0.3) is 0 Å². The predicted octanol–water partition coefficient (Wildman–Crippen LogP) is 4.00. The van der Waals surface area contributed by atoms with E-state index in [-0.39, 0.29) is 0 Å². The van der Waals surface area contributed by atoms with E-state index in [0.717, 1.165) is 11.4 Å². The maximum Gasteiger partial charge on any atom is 0.0406 e. The highest BCUT2D eigenvalue weighted by molar-refractivity contribution is 6.30. The summed E-state index contributed by atoms with van der Waals surface area (Å²) in [7, 11) is 4.14. The minimum Gasteiger partial charge on any atom is -0.377 e. The Kier molecular flexibility index (Phi) is 3.70. The predicted molar refractivity (Wildman–Crippen MR) is 75.0 cm³/mol. The van der Waals surface area contributed by atoms with Crippen molar-refractivity contribution in [1.29, 1.82) is 0 Å². The van der Waals surface area contributed by atoms with E-state index in [4.69, 9.17) is 11.6 Å². The number of benzene rings is 2. The summed E-state index contributed by atoms with van der Waals surface area (Å²) in [5.41, 5.74) is 3.88. The second-order valence-corrected chi connectivity index (χ2v) is 4.76. The van der Waals surface area contributed by atoms with Gasteiger partial charge >= 0.3 is 0 Å². The largest absolute Gasteiger partial charge is 0.377 e. The molecular formula is C15H16ClN. The van der Waals surface area contributed by atoms with Crippen LogP contribution < -0.4 is 4.90 Å². The van der Waals surface area contributed by atoms with Gasteiger partial charge in [-0.25, -0.2) is 0 Å². The van der Waals surface area contributed by atoms with Gasteiger partial charge in [-0.15, -0.1) is 0 Å². The lowest BCUT2D eigenvalue weighted by Gasteiger charge is -2.17. The number of halogens is 1. The molecule has 0 radical (unpaired) electrons. The molecule has 0 aliphatic heterocycles. The standard InChI is InChI=1S/C15H16ClN/c1-17(2)15-6-4-3-5-13(15)11-12-7-9-14(16)10-8-12/h3-10H,11H2,1-2H3. The second kappa shape index (κ2) is 5.24. The van der Waals surface area contributed by atoms with Crippen LogP contribution in [0.2, 0.25) is 5.02 Å². The van der Waals surface area contributed by atoms with Crippen molar-refractivity contribution >= 4 is 17.3 Å². The maximum absolute atomic E-state index is 5.89. The van der Waals surface area contributed by atoms with Crippen molar-refractivity contribution in [2.45, 2.75) is 6.42 Å². The third-order valence-electron chi connectivity index (χ3n) is 2.78. The highest BCUT2D eigenvalue weighted by atomic mass is 35.5. The van der Waals surface area contributed by atoms with Crippen LogP contribution >= 0.6 is 11.6 Å². The normalized spacial score (nSPS) is 10.3. The third kappa shape index (κ3) is 3.01. The number of para-hydroxylation sites is 1. The lowest BCUT2D eigenvalue weighted by Crippen LogP contribution is -2.11. The highest BCUT2D eigenvalue weighted by Gasteiger charge is 2.04. The van der Waals surface area contributed by atoms with Crippen LogP contribution in [0, 0.1) is 0 Å². The zero-order valence-electron chi connectivity index (χ0n) is 10.2. The molecule has 0 saturated carbocycles. The molecule has 2 aromatic carbocycles. The monoisotopic (exact) mass is 245 g/mol. The Labute approximate surface area is 108 Å². The van der Waals surface area contributed by atoms with Gasteiger partial charge in [-0.1, -0.05) is 41.9 Å². The number of hydrogen-bond donors (Lipinski definition) is 0. The van der Waals surface area contributed by atoms with Gasteiger partial charge in [-0.2, -0.15) is 0 Å². The maximum atomic E-state index is 5.89. The fourth-order valence-electron chi connectivity index (χ4n) is 1.92. The zero-order valence-corrected chi connectivity index (χ0v) is 10.9. The van der Waals surface area contributed by atoms with Gasteiger partial charge in [0.05, 0.1) is 0 Å². The topological polar surface area (TPSA) is 3.24 Å². The fraction of sp³-hybridized carbons (Fsp3) is 0.200. The molecule has 0 saturated heterocycles. The Morgan fingerprint density at radius 3 is 2.24 bits per heavy atom. The zero-order chi connectivity index (χ0) is 12.3. The summed E-state index contributed by atoms with van der Waals surface area (Å²) in [6, 6.07) is 16.5. The van der Waals surface area contributed by atoms with Crippen molar-refractivity contribution < 1.29 is 0 Å². The highest BCUT2D eigenvalue weighted by Crippen LogP contribution is 2.22. The molecule has 88 valence electrons. The number of anilines is 1. The smallest absolute Gasteiger partial charge is 0.0406 e. The van der Waals surface area contributed by atoms with Gasteiger partial charge in [0.25, 0.3) is 0 Å². The van der Waals surface area contributed by atoms with Crippen LogP contribution in [0.3, 0.4) is 0 Å². The van der Waals surface area contributed by atoms with Crippen molar-refractivity contribution in [3.8, 4) is 0 Å². The van der Waals surface area contributed by atoms with Gasteiger partial charge in [0.15, 0.2) is 0 Å². The lowest BCUT2D eigenvalue weighted by atomic mass is 10.0. The van der Waals surface area contributed by atoms with Gasteiger partial charge in [-0.3, -0.25) is 0 Å². The van der Waals surface area contributed by atoms with Crippen LogP contribution in [-0.4, -0.2) is 14.1 Å². The number of rotatable bonds is 3. The van der Waals surface area contributed by atoms with Crippen LogP contribution in [0.5, 0.6) is 0 Å². The van der Waals surface area contributed by atoms with E-state index in [9.17, 15) is 0 Å². The first kappa shape index (κ1) is 12.0. The van der Waals surface area contributed by atoms with Crippen molar-refractivity contribution in [1.82, 2.24) is 0 Å². The summed E-state index contributed by atoms with van der Waals surface area (Å²) in [4.78, 5) is 2.14. The van der Waals surface area contributed by atoms with E-state index >= 15 is 0 Å². The van der Waals surface area contributed by atoms with Crippen LogP contribution in [0.1, 0.15) is 11.1 Å². The van der Waals surface area contributed by atoms with E-state index in [2.05, 4.69) is 55.4 Å². The summed E-state index contributed by atoms with van der Waals surface area (Å²) in [6.45, 7) is 0. The molecule has 0 amide bonds. The van der Waals surface area contributed by atoms with Crippen LogP contribution in [-0.2, 0) is 6.42 Å². The number of hydrogen-bond acceptors (Lipinski definition) is 1. The van der Waals surface area contributed by atoms with Crippen molar-refractivity contribution in [3.63, 3.8) is 0 Å². The molecule has 0 heterocycles. The fourth-order valence-corrected chi connectivity index (χ4v) is 2.04. The first-order chi connectivity index (χ1) is 8.16. The molecule has 0 fully saturated rings. The van der Waals surface area contributed by atoms with Gasteiger partial charge in [-0.05, 0) is 35.7 Å². The minimum absolute atomic E-state index is 0.787. The molecule has 0 N–H and O–H groups in total. The lowest BCUT2D eigenvalue weighted by molar-refractivity contribution is 1.08. The van der Waals surface area contributed by atoms with E-state index < -0.39 is 0 Å². The molecule has 1 nitrogen and oxygen atoms in total. The Morgan fingerprint density at radius 1 is 0.941 bits per heavy atom. The van der Waals surface area contributed by atoms with Crippen LogP contribution in [0.15, 0.2) is 48.5 Å². The van der Waals surface area contributed by atoms with E-state index in [1.807, 2.05) is 12.1 Å². The molecule has 0 aliphatic rings. The average molecular weight is 246 g/mol. The van der Waals surface area contributed by atoms with E-state index in [1.165, 1.54) is 16.8 Å². The summed E-state index contributed by atoms with van der Waals surface area (Å²) < 4.78 is 0. The summed E-state index contributed by atoms with van der Waals surface area (Å²) in [5, 5.41) is 0.787. The first-order valence-electron chi connectivity index (χ1n) is 5.66. The van der Waals surface area contributed by atoms with E-state index in [0.29, 0.717) is 0 Å². The quantitative estimate of drug-likeness (QED) is 0.790. The molecule has 0 aliphatic carbocycles. The van der Waals surface area contributed by atoms with Gasteiger partial charge < -0.3 is 4.90 Å². The molecule has 2 aromatic rings. The average Bonchev–Trinajstić information content (AvgIpc) is 2.32. The van der Waals surface area contributed by atoms with Gasteiger partial charge in [0.1, 0.15) is 0 Å².